The van der Waals surface area contributed by atoms with Crippen LogP contribution in [-0.4, -0.2) is 36.6 Å². The highest BCUT2D eigenvalue weighted by atomic mass is 16.6. The molecule has 0 fully saturated rings. The van der Waals surface area contributed by atoms with Gasteiger partial charge in [-0.1, -0.05) is 18.2 Å². The van der Waals surface area contributed by atoms with Gasteiger partial charge in [-0.15, -0.1) is 0 Å². The van der Waals surface area contributed by atoms with Crippen molar-refractivity contribution in [1.82, 2.24) is 10.3 Å². The van der Waals surface area contributed by atoms with Crippen LogP contribution in [0.2, 0.25) is 0 Å². The number of amides is 2. The van der Waals surface area contributed by atoms with Gasteiger partial charge in [0.05, 0.1) is 11.7 Å². The summed E-state index contributed by atoms with van der Waals surface area (Å²) in [4.78, 5) is 31.8. The number of hydrogen-bond donors (Lipinski definition) is 1. The lowest BCUT2D eigenvalue weighted by Gasteiger charge is -2.24. The highest BCUT2D eigenvalue weighted by Crippen LogP contribution is 2.37. The number of para-hydroxylation sites is 2. The Kier molecular flexibility index (Phi) is 5.10. The molecule has 3 aromatic rings. The summed E-state index contributed by atoms with van der Waals surface area (Å²) in [5.74, 6) is 1.39. The lowest BCUT2D eigenvalue weighted by Crippen LogP contribution is -2.41. The third-order valence-electron chi connectivity index (χ3n) is 5.35. The lowest BCUT2D eigenvalue weighted by molar-refractivity contribution is -0.120. The fourth-order valence-electron chi connectivity index (χ4n) is 3.76. The van der Waals surface area contributed by atoms with Gasteiger partial charge in [-0.2, -0.15) is 0 Å². The van der Waals surface area contributed by atoms with E-state index in [0.717, 1.165) is 5.56 Å². The van der Waals surface area contributed by atoms with Crippen LogP contribution in [0.3, 0.4) is 0 Å². The first-order valence-electron chi connectivity index (χ1n) is 10.3. The molecule has 32 heavy (non-hydrogen) atoms. The monoisotopic (exact) mass is 431 g/mol. The third-order valence-corrected chi connectivity index (χ3v) is 5.35. The van der Waals surface area contributed by atoms with E-state index in [1.165, 1.54) is 4.90 Å². The number of carbonyl (C=O) groups is 2. The Morgan fingerprint density at radius 3 is 2.75 bits per heavy atom. The Balaban J connectivity index is 1.37. The second kappa shape index (κ2) is 8.22. The van der Waals surface area contributed by atoms with Crippen molar-refractivity contribution in [2.75, 3.05) is 24.7 Å². The SMILES string of the molecule is C[C@H](NC(=O)CN1C(=O)c2cccnc2Oc2ccccc21)c1ccc2c(c1)OCCO2. The van der Waals surface area contributed by atoms with Crippen LogP contribution in [0.15, 0.2) is 60.8 Å². The molecule has 3 heterocycles. The molecular formula is C24H21N3O5. The minimum absolute atomic E-state index is 0.164. The Morgan fingerprint density at radius 2 is 1.88 bits per heavy atom. The van der Waals surface area contributed by atoms with Crippen molar-refractivity contribution in [3.8, 4) is 23.1 Å². The van der Waals surface area contributed by atoms with Gasteiger partial charge in [0.1, 0.15) is 25.3 Å². The van der Waals surface area contributed by atoms with Crippen molar-refractivity contribution < 1.29 is 23.8 Å². The summed E-state index contributed by atoms with van der Waals surface area (Å²) in [6.45, 7) is 2.73. The molecule has 5 rings (SSSR count). The second-order valence-electron chi connectivity index (χ2n) is 7.51. The van der Waals surface area contributed by atoms with Crippen molar-refractivity contribution >= 4 is 17.5 Å². The molecule has 1 atom stereocenters. The number of aromatic nitrogens is 1. The molecule has 0 saturated carbocycles. The zero-order chi connectivity index (χ0) is 22.1. The highest BCUT2D eigenvalue weighted by Gasteiger charge is 2.30. The predicted octanol–water partition coefficient (Wildman–Crippen LogP) is 3.48. The number of nitrogens with one attached hydrogen (secondary N) is 1. The van der Waals surface area contributed by atoms with Crippen molar-refractivity contribution in [3.05, 3.63) is 71.9 Å². The fraction of sp³-hybridized carbons (Fsp3) is 0.208. The van der Waals surface area contributed by atoms with Gasteiger partial charge in [0.15, 0.2) is 17.2 Å². The van der Waals surface area contributed by atoms with E-state index in [0.29, 0.717) is 41.7 Å². The van der Waals surface area contributed by atoms with Gasteiger partial charge < -0.3 is 19.5 Å². The minimum atomic E-state index is -0.347. The van der Waals surface area contributed by atoms with Crippen molar-refractivity contribution in [1.29, 1.82) is 0 Å². The molecule has 2 aliphatic heterocycles. The van der Waals surface area contributed by atoms with Crippen LogP contribution in [-0.2, 0) is 4.79 Å². The highest BCUT2D eigenvalue weighted by molar-refractivity contribution is 6.11. The molecule has 0 spiro atoms. The van der Waals surface area contributed by atoms with E-state index in [1.807, 2.05) is 25.1 Å². The quantitative estimate of drug-likeness (QED) is 0.680. The van der Waals surface area contributed by atoms with Crippen molar-refractivity contribution in [2.24, 2.45) is 0 Å². The Labute approximate surface area is 184 Å². The summed E-state index contributed by atoms with van der Waals surface area (Å²) < 4.78 is 17.0. The van der Waals surface area contributed by atoms with Crippen LogP contribution in [0.4, 0.5) is 5.69 Å². The first kappa shape index (κ1) is 19.9. The Bertz CT molecular complexity index is 1200. The van der Waals surface area contributed by atoms with Crippen molar-refractivity contribution in [3.63, 3.8) is 0 Å². The molecule has 0 aliphatic carbocycles. The second-order valence-corrected chi connectivity index (χ2v) is 7.51. The zero-order valence-corrected chi connectivity index (χ0v) is 17.4. The number of benzene rings is 2. The van der Waals surface area contributed by atoms with Gasteiger partial charge in [0, 0.05) is 6.20 Å². The van der Waals surface area contributed by atoms with Gasteiger partial charge in [0.25, 0.3) is 5.91 Å². The summed E-state index contributed by atoms with van der Waals surface area (Å²) in [6.07, 6.45) is 1.56. The number of ether oxygens (including phenoxy) is 3. The van der Waals surface area contributed by atoms with Crippen LogP contribution in [0.1, 0.15) is 28.9 Å². The molecular weight excluding hydrogens is 410 g/mol. The minimum Gasteiger partial charge on any atom is -0.486 e. The van der Waals surface area contributed by atoms with Crippen molar-refractivity contribution in [2.45, 2.75) is 13.0 Å². The van der Waals surface area contributed by atoms with E-state index >= 15 is 0 Å². The van der Waals surface area contributed by atoms with Crippen LogP contribution in [0.25, 0.3) is 0 Å². The maximum absolute atomic E-state index is 13.2. The van der Waals surface area contributed by atoms with Gasteiger partial charge >= 0.3 is 0 Å². The van der Waals surface area contributed by atoms with Crippen LogP contribution < -0.4 is 24.4 Å². The molecule has 2 aromatic carbocycles. The smallest absolute Gasteiger partial charge is 0.264 e. The number of carbonyl (C=O) groups excluding carboxylic acids is 2. The molecule has 8 heteroatoms. The molecule has 2 aliphatic rings. The summed E-state index contributed by atoms with van der Waals surface area (Å²) in [6, 6.07) is 15.7. The molecule has 2 amide bonds. The molecule has 0 saturated heterocycles. The number of nitrogens with zero attached hydrogens (tertiary/aromatic N) is 2. The Hall–Kier alpha value is -4.07. The molecule has 1 aromatic heterocycles. The van der Waals surface area contributed by atoms with E-state index in [4.69, 9.17) is 14.2 Å². The number of anilines is 1. The van der Waals surface area contributed by atoms with E-state index in [1.54, 1.807) is 42.6 Å². The maximum Gasteiger partial charge on any atom is 0.264 e. The normalized spacial score (nSPS) is 15.0. The van der Waals surface area contributed by atoms with Gasteiger partial charge in [0.2, 0.25) is 11.8 Å². The average molecular weight is 431 g/mol. The summed E-state index contributed by atoms with van der Waals surface area (Å²) in [5.41, 5.74) is 1.69. The first-order chi connectivity index (χ1) is 15.6. The molecule has 162 valence electrons. The maximum atomic E-state index is 13.2. The number of fused-ring (bicyclic) bond motifs is 3. The standard InChI is InChI=1S/C24H21N3O5/c1-15(16-8-9-20-21(13-16)31-12-11-30-20)26-22(28)14-27-18-6-2-3-7-19(18)32-23-17(24(27)29)5-4-10-25-23/h2-10,13,15H,11-12,14H2,1H3,(H,26,28)/t15-/m0/s1. The van der Waals surface area contributed by atoms with E-state index in [9.17, 15) is 9.59 Å². The van der Waals surface area contributed by atoms with Gasteiger partial charge in [-0.25, -0.2) is 4.98 Å². The molecule has 0 unspecified atom stereocenters. The molecule has 0 radical (unpaired) electrons. The topological polar surface area (TPSA) is 90.0 Å². The summed E-state index contributed by atoms with van der Waals surface area (Å²) in [7, 11) is 0. The number of rotatable bonds is 4. The van der Waals surface area contributed by atoms with Crippen LogP contribution in [0.5, 0.6) is 23.1 Å². The lowest BCUT2D eigenvalue weighted by atomic mass is 10.1. The fourth-order valence-corrected chi connectivity index (χ4v) is 3.76. The predicted molar refractivity (Wildman–Crippen MR) is 116 cm³/mol. The van der Waals surface area contributed by atoms with Crippen LogP contribution >= 0.6 is 0 Å². The van der Waals surface area contributed by atoms with Gasteiger partial charge in [-0.3, -0.25) is 14.5 Å². The third kappa shape index (κ3) is 3.71. The zero-order valence-electron chi connectivity index (χ0n) is 17.4. The first-order valence-corrected chi connectivity index (χ1v) is 10.3. The average Bonchev–Trinajstić information content (AvgIpc) is 2.93. The molecule has 0 bridgehead atoms. The van der Waals surface area contributed by atoms with E-state index < -0.39 is 0 Å². The van der Waals surface area contributed by atoms with E-state index in [-0.39, 0.29) is 30.3 Å². The molecule has 8 nitrogen and oxygen atoms in total. The summed E-state index contributed by atoms with van der Waals surface area (Å²) >= 11 is 0. The molecule has 1 N–H and O–H groups in total. The number of hydrogen-bond acceptors (Lipinski definition) is 6. The van der Waals surface area contributed by atoms with E-state index in [2.05, 4.69) is 10.3 Å². The summed E-state index contributed by atoms with van der Waals surface area (Å²) in [5, 5.41) is 2.96. The van der Waals surface area contributed by atoms with Gasteiger partial charge in [-0.05, 0) is 48.9 Å². The number of pyridine rings is 1. The van der Waals surface area contributed by atoms with Crippen LogP contribution in [0, 0.1) is 0 Å². The largest absolute Gasteiger partial charge is 0.486 e. The Morgan fingerprint density at radius 1 is 1.06 bits per heavy atom.